The quantitative estimate of drug-likeness (QED) is 0.841. The Morgan fingerprint density at radius 2 is 1.11 bits per heavy atom. The molecule has 0 fully saturated rings. The molecule has 2 rings (SSSR count). The van der Waals surface area contributed by atoms with Gasteiger partial charge in [0.2, 0.25) is 0 Å². The SMILES string of the molecule is Cc1ccc(C)c(C(O)c2cc(C)ccc2C)c1. The van der Waals surface area contributed by atoms with Crippen molar-refractivity contribution in [1.29, 1.82) is 0 Å². The summed E-state index contributed by atoms with van der Waals surface area (Å²) in [5, 5.41) is 10.6. The minimum atomic E-state index is -0.537. The zero-order valence-electron chi connectivity index (χ0n) is 11.5. The van der Waals surface area contributed by atoms with Gasteiger partial charge in [-0.25, -0.2) is 0 Å². The molecule has 94 valence electrons. The van der Waals surface area contributed by atoms with Crippen molar-refractivity contribution in [3.63, 3.8) is 0 Å². The van der Waals surface area contributed by atoms with E-state index in [9.17, 15) is 5.11 Å². The molecule has 0 aromatic heterocycles. The molecule has 0 unspecified atom stereocenters. The average Bonchev–Trinajstić information content (AvgIpc) is 2.34. The summed E-state index contributed by atoms with van der Waals surface area (Å²) in [6, 6.07) is 12.4. The van der Waals surface area contributed by atoms with Crippen LogP contribution in [0.3, 0.4) is 0 Å². The standard InChI is InChI=1S/C17H20O/c1-11-5-7-13(3)15(9-11)17(18)16-10-12(2)6-8-14(16)4/h5-10,17-18H,1-4H3. The Bertz CT molecular complexity index is 518. The topological polar surface area (TPSA) is 20.2 Å². The molecule has 0 aliphatic carbocycles. The lowest BCUT2D eigenvalue weighted by molar-refractivity contribution is 0.218. The summed E-state index contributed by atoms with van der Waals surface area (Å²) in [7, 11) is 0. The van der Waals surface area contributed by atoms with Crippen LogP contribution in [0.25, 0.3) is 0 Å². The van der Waals surface area contributed by atoms with Crippen LogP contribution in [0, 0.1) is 27.7 Å². The van der Waals surface area contributed by atoms with Crippen molar-refractivity contribution in [2.75, 3.05) is 0 Å². The second kappa shape index (κ2) is 4.95. The van der Waals surface area contributed by atoms with Gasteiger partial charge in [0, 0.05) is 0 Å². The Labute approximate surface area is 109 Å². The second-order valence-electron chi connectivity index (χ2n) is 5.12. The molecule has 0 amide bonds. The lowest BCUT2D eigenvalue weighted by Gasteiger charge is -2.17. The van der Waals surface area contributed by atoms with Crippen LogP contribution in [-0.4, -0.2) is 5.11 Å². The number of aliphatic hydroxyl groups excluding tert-OH is 1. The molecule has 0 bridgehead atoms. The van der Waals surface area contributed by atoms with Crippen LogP contribution >= 0.6 is 0 Å². The van der Waals surface area contributed by atoms with E-state index in [0.717, 1.165) is 22.3 Å². The van der Waals surface area contributed by atoms with Gasteiger partial charge < -0.3 is 5.11 Å². The van der Waals surface area contributed by atoms with Crippen molar-refractivity contribution in [1.82, 2.24) is 0 Å². The Balaban J connectivity index is 2.50. The Hall–Kier alpha value is -1.60. The summed E-state index contributed by atoms with van der Waals surface area (Å²) in [6.07, 6.45) is -0.537. The van der Waals surface area contributed by atoms with Gasteiger partial charge in [-0.05, 0) is 49.9 Å². The molecule has 0 spiro atoms. The van der Waals surface area contributed by atoms with E-state index in [0.29, 0.717) is 0 Å². The highest BCUT2D eigenvalue weighted by molar-refractivity contribution is 5.41. The summed E-state index contributed by atoms with van der Waals surface area (Å²) in [5.74, 6) is 0. The highest BCUT2D eigenvalue weighted by Crippen LogP contribution is 2.28. The van der Waals surface area contributed by atoms with Gasteiger partial charge in [-0.3, -0.25) is 0 Å². The van der Waals surface area contributed by atoms with Gasteiger partial charge in [0.15, 0.2) is 0 Å². The monoisotopic (exact) mass is 240 g/mol. The fraction of sp³-hybridized carbons (Fsp3) is 0.294. The van der Waals surface area contributed by atoms with Crippen LogP contribution in [0.15, 0.2) is 36.4 Å². The van der Waals surface area contributed by atoms with E-state index >= 15 is 0 Å². The predicted octanol–water partition coefficient (Wildman–Crippen LogP) is 4.00. The first-order valence-corrected chi connectivity index (χ1v) is 6.31. The molecule has 0 atom stereocenters. The number of aryl methyl sites for hydroxylation is 4. The van der Waals surface area contributed by atoms with Gasteiger partial charge in [-0.15, -0.1) is 0 Å². The van der Waals surface area contributed by atoms with Crippen molar-refractivity contribution < 1.29 is 5.11 Å². The summed E-state index contributed by atoms with van der Waals surface area (Å²) in [4.78, 5) is 0. The summed E-state index contributed by atoms with van der Waals surface area (Å²) < 4.78 is 0. The van der Waals surface area contributed by atoms with Gasteiger partial charge in [-0.2, -0.15) is 0 Å². The van der Waals surface area contributed by atoms with Crippen LogP contribution in [-0.2, 0) is 0 Å². The zero-order valence-corrected chi connectivity index (χ0v) is 11.5. The minimum Gasteiger partial charge on any atom is -0.384 e. The first-order valence-electron chi connectivity index (χ1n) is 6.31. The van der Waals surface area contributed by atoms with Gasteiger partial charge in [-0.1, -0.05) is 47.5 Å². The van der Waals surface area contributed by atoms with Crippen molar-refractivity contribution in [3.05, 3.63) is 69.8 Å². The van der Waals surface area contributed by atoms with E-state index in [1.54, 1.807) is 0 Å². The van der Waals surface area contributed by atoms with Crippen LogP contribution in [0.4, 0.5) is 0 Å². The maximum Gasteiger partial charge on any atom is 0.105 e. The molecular weight excluding hydrogens is 220 g/mol. The van der Waals surface area contributed by atoms with E-state index in [-0.39, 0.29) is 0 Å². The molecule has 1 N–H and O–H groups in total. The van der Waals surface area contributed by atoms with Crippen LogP contribution in [0.2, 0.25) is 0 Å². The maximum atomic E-state index is 10.6. The number of hydrogen-bond donors (Lipinski definition) is 1. The third kappa shape index (κ3) is 2.46. The molecule has 0 radical (unpaired) electrons. The summed E-state index contributed by atoms with van der Waals surface area (Å²) in [5.41, 5.74) is 6.63. The Morgan fingerprint density at radius 3 is 1.50 bits per heavy atom. The molecule has 0 heterocycles. The van der Waals surface area contributed by atoms with Gasteiger partial charge >= 0.3 is 0 Å². The number of hydrogen-bond acceptors (Lipinski definition) is 1. The normalized spacial score (nSPS) is 11.0. The van der Waals surface area contributed by atoms with E-state index in [1.165, 1.54) is 11.1 Å². The van der Waals surface area contributed by atoms with Gasteiger partial charge in [0.1, 0.15) is 6.10 Å². The molecule has 18 heavy (non-hydrogen) atoms. The van der Waals surface area contributed by atoms with E-state index in [1.807, 2.05) is 13.8 Å². The maximum absolute atomic E-state index is 10.6. The number of rotatable bonds is 2. The van der Waals surface area contributed by atoms with E-state index in [4.69, 9.17) is 0 Å². The Morgan fingerprint density at radius 1 is 0.722 bits per heavy atom. The molecule has 0 aliphatic heterocycles. The molecule has 0 aliphatic rings. The molecule has 0 saturated carbocycles. The third-order valence-electron chi connectivity index (χ3n) is 3.46. The lowest BCUT2D eigenvalue weighted by Crippen LogP contribution is -2.05. The van der Waals surface area contributed by atoms with Crippen molar-refractivity contribution in [3.8, 4) is 0 Å². The first-order chi connectivity index (χ1) is 8.49. The van der Waals surface area contributed by atoms with E-state index < -0.39 is 6.10 Å². The molecule has 0 saturated heterocycles. The van der Waals surface area contributed by atoms with Crippen molar-refractivity contribution in [2.24, 2.45) is 0 Å². The van der Waals surface area contributed by atoms with Crippen molar-refractivity contribution in [2.45, 2.75) is 33.8 Å². The smallest absolute Gasteiger partial charge is 0.105 e. The molecule has 2 aromatic rings. The fourth-order valence-corrected chi connectivity index (χ4v) is 2.28. The largest absolute Gasteiger partial charge is 0.384 e. The highest BCUT2D eigenvalue weighted by Gasteiger charge is 2.15. The summed E-state index contributed by atoms with van der Waals surface area (Å²) in [6.45, 7) is 8.20. The van der Waals surface area contributed by atoms with E-state index in [2.05, 4.69) is 50.2 Å². The lowest BCUT2D eigenvalue weighted by atomic mass is 9.92. The third-order valence-corrected chi connectivity index (χ3v) is 3.46. The van der Waals surface area contributed by atoms with Crippen LogP contribution in [0.1, 0.15) is 39.5 Å². The molecule has 2 aromatic carbocycles. The van der Waals surface area contributed by atoms with Crippen LogP contribution < -0.4 is 0 Å². The average molecular weight is 240 g/mol. The predicted molar refractivity (Wildman–Crippen MR) is 75.9 cm³/mol. The van der Waals surface area contributed by atoms with Crippen molar-refractivity contribution >= 4 is 0 Å². The number of aliphatic hydroxyl groups is 1. The fourth-order valence-electron chi connectivity index (χ4n) is 2.28. The minimum absolute atomic E-state index is 0.537. The van der Waals surface area contributed by atoms with Crippen LogP contribution in [0.5, 0.6) is 0 Å². The molecule has 1 heteroatoms. The highest BCUT2D eigenvalue weighted by atomic mass is 16.3. The first kappa shape index (κ1) is 12.8. The van der Waals surface area contributed by atoms with Gasteiger partial charge in [0.05, 0.1) is 0 Å². The number of benzene rings is 2. The molecular formula is C17H20O. The van der Waals surface area contributed by atoms with Gasteiger partial charge in [0.25, 0.3) is 0 Å². The molecule has 1 nitrogen and oxygen atoms in total. The second-order valence-corrected chi connectivity index (χ2v) is 5.12. The Kier molecular flexibility index (Phi) is 3.53. The zero-order chi connectivity index (χ0) is 13.3. The summed E-state index contributed by atoms with van der Waals surface area (Å²) >= 11 is 0.